The summed E-state index contributed by atoms with van der Waals surface area (Å²) in [4.78, 5) is 18.7. The highest BCUT2D eigenvalue weighted by atomic mass is 19.1. The summed E-state index contributed by atoms with van der Waals surface area (Å²) in [6.07, 6.45) is 3.28. The standard InChI is InChI=1S/C28H29F3N6O2/c29-20-13-23(30)22(24(31)14-20)15-35-6-4-21(5-7-35)37-17-32-25-27(36-8-10-39-11-9-36)33-26(34-28(25)37)19-3-1-2-18(12-19)16-38/h1-3,12-14,17,21,38H,4-11,15-16H2. The minimum Gasteiger partial charge on any atom is -0.392 e. The van der Waals surface area contributed by atoms with E-state index in [0.717, 1.165) is 53.1 Å². The molecule has 2 aromatic carbocycles. The number of hydrogen-bond acceptors (Lipinski definition) is 7. The Morgan fingerprint density at radius 2 is 1.69 bits per heavy atom. The van der Waals surface area contributed by atoms with Crippen molar-refractivity contribution in [2.75, 3.05) is 44.3 Å². The number of hydrogen-bond donors (Lipinski definition) is 1. The van der Waals surface area contributed by atoms with Crippen LogP contribution in [0.5, 0.6) is 0 Å². The van der Waals surface area contributed by atoms with Crippen LogP contribution in [-0.4, -0.2) is 68.9 Å². The lowest BCUT2D eigenvalue weighted by Gasteiger charge is -2.33. The fourth-order valence-electron chi connectivity index (χ4n) is 5.40. The third kappa shape index (κ3) is 5.21. The number of piperidine rings is 1. The summed E-state index contributed by atoms with van der Waals surface area (Å²) in [7, 11) is 0. The average Bonchev–Trinajstić information content (AvgIpc) is 3.39. The SMILES string of the molecule is OCc1cccc(-c2nc(N3CCOCC3)c3ncn(C4CCN(Cc5c(F)cc(F)cc5F)CC4)c3n2)c1. The molecule has 0 radical (unpaired) electrons. The number of fused-ring (bicyclic) bond motifs is 1. The maximum atomic E-state index is 14.2. The zero-order valence-corrected chi connectivity index (χ0v) is 21.4. The Bertz CT molecular complexity index is 1460. The lowest BCUT2D eigenvalue weighted by atomic mass is 10.0. The van der Waals surface area contributed by atoms with Crippen molar-refractivity contribution < 1.29 is 23.0 Å². The summed E-state index contributed by atoms with van der Waals surface area (Å²) in [5.74, 6) is -1.33. The molecule has 1 N–H and O–H groups in total. The van der Waals surface area contributed by atoms with E-state index in [9.17, 15) is 18.3 Å². The third-order valence-corrected chi connectivity index (χ3v) is 7.52. The van der Waals surface area contributed by atoms with Crippen molar-refractivity contribution in [2.45, 2.75) is 32.0 Å². The highest BCUT2D eigenvalue weighted by molar-refractivity contribution is 5.86. The molecule has 4 heterocycles. The van der Waals surface area contributed by atoms with E-state index in [1.165, 1.54) is 0 Å². The summed E-state index contributed by atoms with van der Waals surface area (Å²) in [6, 6.07) is 9.09. The highest BCUT2D eigenvalue weighted by Gasteiger charge is 2.27. The lowest BCUT2D eigenvalue weighted by Crippen LogP contribution is -2.37. The topological polar surface area (TPSA) is 79.5 Å². The zero-order valence-electron chi connectivity index (χ0n) is 21.4. The molecule has 2 aromatic heterocycles. The summed E-state index contributed by atoms with van der Waals surface area (Å²) < 4.78 is 49.3. The van der Waals surface area contributed by atoms with Crippen molar-refractivity contribution in [3.05, 3.63) is 71.3 Å². The highest BCUT2D eigenvalue weighted by Crippen LogP contribution is 2.32. The molecular weight excluding hydrogens is 509 g/mol. The van der Waals surface area contributed by atoms with Crippen LogP contribution in [0, 0.1) is 17.5 Å². The first kappa shape index (κ1) is 25.7. The number of anilines is 1. The first-order valence-electron chi connectivity index (χ1n) is 13.1. The molecule has 39 heavy (non-hydrogen) atoms. The lowest BCUT2D eigenvalue weighted by molar-refractivity contribution is 0.122. The van der Waals surface area contributed by atoms with Crippen molar-refractivity contribution in [3.8, 4) is 11.4 Å². The normalized spacial score (nSPS) is 17.3. The van der Waals surface area contributed by atoms with Gasteiger partial charge in [-0.3, -0.25) is 4.90 Å². The molecule has 0 atom stereocenters. The van der Waals surface area contributed by atoms with Crippen LogP contribution in [0.15, 0.2) is 42.7 Å². The number of ether oxygens (including phenoxy) is 1. The van der Waals surface area contributed by atoms with Crippen LogP contribution < -0.4 is 4.90 Å². The van der Waals surface area contributed by atoms with E-state index in [4.69, 9.17) is 19.7 Å². The van der Waals surface area contributed by atoms with E-state index >= 15 is 0 Å². The molecule has 8 nitrogen and oxygen atoms in total. The van der Waals surface area contributed by atoms with Gasteiger partial charge in [0.05, 0.1) is 26.1 Å². The van der Waals surface area contributed by atoms with Crippen LogP contribution in [0.2, 0.25) is 0 Å². The van der Waals surface area contributed by atoms with Gasteiger partial charge in [-0.05, 0) is 24.5 Å². The molecule has 4 aromatic rings. The molecule has 204 valence electrons. The van der Waals surface area contributed by atoms with Gasteiger partial charge >= 0.3 is 0 Å². The molecule has 0 spiro atoms. The first-order chi connectivity index (χ1) is 19.0. The van der Waals surface area contributed by atoms with E-state index in [-0.39, 0.29) is 24.8 Å². The monoisotopic (exact) mass is 538 g/mol. The van der Waals surface area contributed by atoms with E-state index < -0.39 is 17.5 Å². The molecule has 0 amide bonds. The van der Waals surface area contributed by atoms with E-state index in [0.29, 0.717) is 45.2 Å². The number of nitrogens with zero attached hydrogens (tertiary/aromatic N) is 6. The Kier molecular flexibility index (Phi) is 7.20. The van der Waals surface area contributed by atoms with Gasteiger partial charge in [-0.25, -0.2) is 28.1 Å². The summed E-state index contributed by atoms with van der Waals surface area (Å²) >= 11 is 0. The Labute approximate surface area is 223 Å². The zero-order chi connectivity index (χ0) is 26.9. The van der Waals surface area contributed by atoms with Crippen molar-refractivity contribution in [3.63, 3.8) is 0 Å². The van der Waals surface area contributed by atoms with Crippen LogP contribution >= 0.6 is 0 Å². The average molecular weight is 539 g/mol. The van der Waals surface area contributed by atoms with Gasteiger partial charge in [-0.1, -0.05) is 18.2 Å². The van der Waals surface area contributed by atoms with Crippen LogP contribution in [0.1, 0.15) is 30.0 Å². The van der Waals surface area contributed by atoms with Crippen LogP contribution in [0.3, 0.4) is 0 Å². The van der Waals surface area contributed by atoms with Crippen LogP contribution in [-0.2, 0) is 17.9 Å². The predicted molar refractivity (Wildman–Crippen MR) is 140 cm³/mol. The molecule has 0 aliphatic carbocycles. The van der Waals surface area contributed by atoms with E-state index in [2.05, 4.69) is 9.47 Å². The van der Waals surface area contributed by atoms with Gasteiger partial charge in [0.25, 0.3) is 0 Å². The minimum absolute atomic E-state index is 0.0748. The summed E-state index contributed by atoms with van der Waals surface area (Å²) in [5, 5.41) is 9.64. The number of aliphatic hydroxyl groups is 1. The fraction of sp³-hybridized carbons (Fsp3) is 0.393. The quantitative estimate of drug-likeness (QED) is 0.396. The number of rotatable bonds is 6. The first-order valence-corrected chi connectivity index (χ1v) is 13.1. The number of halogens is 3. The molecule has 2 aliphatic rings. The van der Waals surface area contributed by atoms with Crippen LogP contribution in [0.25, 0.3) is 22.6 Å². The fourth-order valence-corrected chi connectivity index (χ4v) is 5.40. The maximum absolute atomic E-state index is 14.2. The smallest absolute Gasteiger partial charge is 0.166 e. The Morgan fingerprint density at radius 3 is 2.41 bits per heavy atom. The molecule has 2 saturated heterocycles. The Morgan fingerprint density at radius 1 is 0.949 bits per heavy atom. The molecule has 6 rings (SSSR count). The van der Waals surface area contributed by atoms with Crippen molar-refractivity contribution in [2.24, 2.45) is 0 Å². The van der Waals surface area contributed by atoms with Gasteiger partial charge in [0.1, 0.15) is 17.5 Å². The Balaban J connectivity index is 1.29. The molecule has 2 aliphatic heterocycles. The number of aromatic nitrogens is 4. The van der Waals surface area contributed by atoms with Gasteiger partial charge < -0.3 is 19.3 Å². The van der Waals surface area contributed by atoms with Crippen molar-refractivity contribution >= 4 is 17.0 Å². The Hall–Kier alpha value is -3.54. The summed E-state index contributed by atoms with van der Waals surface area (Å²) in [5.41, 5.74) is 2.92. The number of aliphatic hydroxyl groups excluding tert-OH is 1. The van der Waals surface area contributed by atoms with E-state index in [1.807, 2.05) is 29.2 Å². The van der Waals surface area contributed by atoms with Gasteiger partial charge in [0.2, 0.25) is 0 Å². The van der Waals surface area contributed by atoms with E-state index in [1.54, 1.807) is 6.33 Å². The number of morpholine rings is 1. The van der Waals surface area contributed by atoms with Crippen molar-refractivity contribution in [1.82, 2.24) is 24.4 Å². The van der Waals surface area contributed by atoms with Gasteiger partial charge in [0, 0.05) is 62.0 Å². The predicted octanol–water partition coefficient (Wildman–Crippen LogP) is 4.08. The van der Waals surface area contributed by atoms with Gasteiger partial charge in [-0.2, -0.15) is 0 Å². The number of imidazole rings is 1. The second kappa shape index (κ2) is 10.9. The molecule has 2 fully saturated rings. The molecule has 0 unspecified atom stereocenters. The second-order valence-electron chi connectivity index (χ2n) is 10.0. The van der Waals surface area contributed by atoms with Crippen LogP contribution in [0.4, 0.5) is 19.0 Å². The van der Waals surface area contributed by atoms with Crippen molar-refractivity contribution in [1.29, 1.82) is 0 Å². The van der Waals surface area contributed by atoms with Gasteiger partial charge in [-0.15, -0.1) is 0 Å². The molecular formula is C28H29F3N6O2. The third-order valence-electron chi connectivity index (χ3n) is 7.52. The molecule has 0 saturated carbocycles. The maximum Gasteiger partial charge on any atom is 0.166 e. The summed E-state index contributed by atoms with van der Waals surface area (Å²) in [6.45, 7) is 3.86. The number of benzene rings is 2. The molecule has 0 bridgehead atoms. The second-order valence-corrected chi connectivity index (χ2v) is 10.0. The minimum atomic E-state index is -0.916. The largest absolute Gasteiger partial charge is 0.392 e. The molecule has 11 heteroatoms. The number of likely N-dealkylation sites (tertiary alicyclic amines) is 1. The van der Waals surface area contributed by atoms with Gasteiger partial charge in [0.15, 0.2) is 22.8 Å².